The number of amides is 1. The highest BCUT2D eigenvalue weighted by molar-refractivity contribution is 5.93. The maximum atomic E-state index is 13.5. The van der Waals surface area contributed by atoms with Crippen molar-refractivity contribution in [3.05, 3.63) is 90.0 Å². The summed E-state index contributed by atoms with van der Waals surface area (Å²) in [7, 11) is 0. The number of nitrogens with zero attached hydrogens (tertiary/aromatic N) is 1. The van der Waals surface area contributed by atoms with Gasteiger partial charge >= 0.3 is 11.9 Å². The third-order valence-electron chi connectivity index (χ3n) is 5.74. The Morgan fingerprint density at radius 3 is 2.11 bits per heavy atom. The maximum Gasteiger partial charge on any atom is 0.328 e. The molecular formula is C28H34N4O5. The molecule has 0 bridgehead atoms. The van der Waals surface area contributed by atoms with Crippen molar-refractivity contribution in [3.8, 4) is 0 Å². The Morgan fingerprint density at radius 1 is 0.973 bits per heavy atom. The van der Waals surface area contributed by atoms with Crippen LogP contribution in [0.2, 0.25) is 0 Å². The monoisotopic (exact) mass is 506 g/mol. The summed E-state index contributed by atoms with van der Waals surface area (Å²) in [5, 5.41) is 2.74. The quantitative estimate of drug-likeness (QED) is 0.303. The number of benzene rings is 2. The Labute approximate surface area is 216 Å². The number of esters is 2. The van der Waals surface area contributed by atoms with Gasteiger partial charge in [-0.25, -0.2) is 9.78 Å². The van der Waals surface area contributed by atoms with E-state index in [1.54, 1.807) is 0 Å². The number of rotatable bonds is 13. The first-order chi connectivity index (χ1) is 17.7. The van der Waals surface area contributed by atoms with Crippen molar-refractivity contribution >= 4 is 17.8 Å². The number of H-pyrrole nitrogens is 1. The summed E-state index contributed by atoms with van der Waals surface area (Å²) in [6, 6.07) is 17.6. The van der Waals surface area contributed by atoms with Crippen molar-refractivity contribution in [2.24, 2.45) is 11.7 Å². The molecule has 1 heterocycles. The average molecular weight is 507 g/mol. The molecule has 3 aromatic rings. The van der Waals surface area contributed by atoms with Crippen LogP contribution in [0.5, 0.6) is 0 Å². The van der Waals surface area contributed by atoms with E-state index in [1.807, 2.05) is 74.5 Å². The Morgan fingerprint density at radius 2 is 1.57 bits per heavy atom. The van der Waals surface area contributed by atoms with Crippen LogP contribution in [-0.2, 0) is 43.5 Å². The van der Waals surface area contributed by atoms with Crippen LogP contribution in [0.1, 0.15) is 43.5 Å². The van der Waals surface area contributed by atoms with Gasteiger partial charge in [-0.05, 0) is 23.5 Å². The van der Waals surface area contributed by atoms with Crippen molar-refractivity contribution in [1.82, 2.24) is 15.3 Å². The summed E-state index contributed by atoms with van der Waals surface area (Å²) >= 11 is 0. The summed E-state index contributed by atoms with van der Waals surface area (Å²) in [5.41, 5.74) is 7.07. The average Bonchev–Trinajstić information content (AvgIpc) is 3.39. The Bertz CT molecular complexity index is 1140. The van der Waals surface area contributed by atoms with Gasteiger partial charge in [0.25, 0.3) is 0 Å². The van der Waals surface area contributed by atoms with Crippen molar-refractivity contribution < 1.29 is 23.9 Å². The molecular weight excluding hydrogens is 472 g/mol. The van der Waals surface area contributed by atoms with E-state index < -0.39 is 35.8 Å². The molecule has 0 saturated carbocycles. The molecule has 0 aliphatic carbocycles. The van der Waals surface area contributed by atoms with Gasteiger partial charge < -0.3 is 25.5 Å². The predicted octanol–water partition coefficient (Wildman–Crippen LogP) is 3.06. The second kappa shape index (κ2) is 13.4. The molecule has 2 aromatic carbocycles. The number of hydrogen-bond donors (Lipinski definition) is 3. The zero-order valence-corrected chi connectivity index (χ0v) is 21.2. The number of hydrogen-bond acceptors (Lipinski definition) is 7. The highest BCUT2D eigenvalue weighted by Crippen LogP contribution is 2.18. The minimum absolute atomic E-state index is 0.00721. The van der Waals surface area contributed by atoms with E-state index in [0.29, 0.717) is 12.1 Å². The van der Waals surface area contributed by atoms with Crippen LogP contribution in [0.25, 0.3) is 0 Å². The molecule has 1 aromatic heterocycles. The van der Waals surface area contributed by atoms with Crippen LogP contribution in [0, 0.1) is 5.92 Å². The third-order valence-corrected chi connectivity index (χ3v) is 5.74. The molecule has 0 aliphatic rings. The second-order valence-electron chi connectivity index (χ2n) is 9.48. The lowest BCUT2D eigenvalue weighted by molar-refractivity contribution is -0.151. The van der Waals surface area contributed by atoms with Gasteiger partial charge in [-0.15, -0.1) is 0 Å². The van der Waals surface area contributed by atoms with Gasteiger partial charge in [0.2, 0.25) is 5.91 Å². The van der Waals surface area contributed by atoms with E-state index in [0.717, 1.165) is 11.1 Å². The number of carbonyl (C=O) groups excluding carboxylic acids is 3. The van der Waals surface area contributed by atoms with E-state index in [2.05, 4.69) is 15.3 Å². The highest BCUT2D eigenvalue weighted by Gasteiger charge is 2.40. The summed E-state index contributed by atoms with van der Waals surface area (Å²) < 4.78 is 10.9. The fourth-order valence-electron chi connectivity index (χ4n) is 3.81. The summed E-state index contributed by atoms with van der Waals surface area (Å²) in [6.07, 6.45) is 2.94. The molecule has 2 atom stereocenters. The highest BCUT2D eigenvalue weighted by atomic mass is 16.5. The van der Waals surface area contributed by atoms with Gasteiger partial charge in [-0.2, -0.15) is 0 Å². The molecule has 0 saturated heterocycles. The molecule has 3 rings (SSSR count). The molecule has 0 radical (unpaired) electrons. The molecule has 4 N–H and O–H groups in total. The van der Waals surface area contributed by atoms with Gasteiger partial charge in [0.05, 0.1) is 12.7 Å². The number of nitrogens with one attached hydrogen (secondary N) is 2. The molecule has 1 amide bonds. The van der Waals surface area contributed by atoms with E-state index in [1.165, 1.54) is 12.5 Å². The van der Waals surface area contributed by atoms with Crippen LogP contribution in [0.3, 0.4) is 0 Å². The van der Waals surface area contributed by atoms with Gasteiger partial charge in [0.15, 0.2) is 0 Å². The van der Waals surface area contributed by atoms with Crippen molar-refractivity contribution in [2.75, 3.05) is 0 Å². The van der Waals surface area contributed by atoms with Gasteiger partial charge in [0, 0.05) is 18.3 Å². The summed E-state index contributed by atoms with van der Waals surface area (Å²) in [6.45, 7) is 4.01. The maximum absolute atomic E-state index is 13.5. The Kier molecular flexibility index (Phi) is 9.97. The number of aromatic amines is 1. The van der Waals surface area contributed by atoms with E-state index in [9.17, 15) is 14.4 Å². The van der Waals surface area contributed by atoms with Crippen molar-refractivity contribution in [2.45, 2.75) is 57.9 Å². The van der Waals surface area contributed by atoms with E-state index >= 15 is 0 Å². The summed E-state index contributed by atoms with van der Waals surface area (Å²) in [5.74, 6) is -1.76. The molecule has 0 aliphatic heterocycles. The van der Waals surface area contributed by atoms with Gasteiger partial charge in [-0.1, -0.05) is 74.5 Å². The Hall–Kier alpha value is -3.98. The lowest BCUT2D eigenvalue weighted by atomic mass is 9.89. The lowest BCUT2D eigenvalue weighted by Gasteiger charge is -2.29. The number of nitrogens with two attached hydrogens (primary N) is 1. The molecule has 0 spiro atoms. The predicted molar refractivity (Wildman–Crippen MR) is 138 cm³/mol. The molecule has 0 fully saturated rings. The van der Waals surface area contributed by atoms with Gasteiger partial charge in [-0.3, -0.25) is 9.59 Å². The van der Waals surface area contributed by atoms with E-state index in [-0.39, 0.29) is 25.6 Å². The first-order valence-corrected chi connectivity index (χ1v) is 12.2. The Balaban J connectivity index is 1.70. The fourth-order valence-corrected chi connectivity index (χ4v) is 3.81. The standard InChI is InChI=1S/C28H34N4O5/c1-20(2)13-24(26(34)37-18-22-11-7-4-8-12-22)32-27(35)28(29,14-23-16-30-19-31-23)15-25(33)36-17-21-9-5-3-6-10-21/h3-12,16,19-20,24H,13-15,17-18,29H2,1-2H3,(H,30,31)(H,32,35)/t24-,28+/m0/s1. The largest absolute Gasteiger partial charge is 0.461 e. The third kappa shape index (κ3) is 8.88. The first-order valence-electron chi connectivity index (χ1n) is 12.2. The summed E-state index contributed by atoms with van der Waals surface area (Å²) in [4.78, 5) is 46.0. The number of ether oxygens (including phenoxy) is 2. The van der Waals surface area contributed by atoms with Crippen LogP contribution < -0.4 is 11.1 Å². The van der Waals surface area contributed by atoms with Crippen molar-refractivity contribution in [3.63, 3.8) is 0 Å². The van der Waals surface area contributed by atoms with Crippen LogP contribution in [0.15, 0.2) is 73.2 Å². The van der Waals surface area contributed by atoms with E-state index in [4.69, 9.17) is 15.2 Å². The normalized spacial score (nSPS) is 13.4. The minimum Gasteiger partial charge on any atom is -0.461 e. The zero-order chi connectivity index (χ0) is 26.7. The lowest BCUT2D eigenvalue weighted by Crippen LogP contribution is -2.60. The first kappa shape index (κ1) is 27.6. The zero-order valence-electron chi connectivity index (χ0n) is 21.2. The SMILES string of the molecule is CC(C)C[C@H](NC(=O)[C@](N)(CC(=O)OCc1ccccc1)Cc1cnc[nH]1)C(=O)OCc1ccccc1. The second-order valence-corrected chi connectivity index (χ2v) is 9.48. The molecule has 9 heteroatoms. The molecule has 37 heavy (non-hydrogen) atoms. The smallest absolute Gasteiger partial charge is 0.328 e. The number of aromatic nitrogens is 2. The minimum atomic E-state index is -1.69. The van der Waals surface area contributed by atoms with Crippen LogP contribution in [0.4, 0.5) is 0 Å². The number of carbonyl (C=O) groups is 3. The molecule has 196 valence electrons. The fraction of sp³-hybridized carbons (Fsp3) is 0.357. The van der Waals surface area contributed by atoms with Gasteiger partial charge in [0.1, 0.15) is 24.8 Å². The van der Waals surface area contributed by atoms with Crippen LogP contribution in [-0.4, -0.2) is 39.4 Å². The molecule has 0 unspecified atom stereocenters. The van der Waals surface area contributed by atoms with Crippen molar-refractivity contribution in [1.29, 1.82) is 0 Å². The topological polar surface area (TPSA) is 136 Å². The van der Waals surface area contributed by atoms with Crippen LogP contribution >= 0.6 is 0 Å². The number of imidazole rings is 1. The molecule has 9 nitrogen and oxygen atoms in total.